The number of benzene rings is 1. The van der Waals surface area contributed by atoms with Gasteiger partial charge in [-0.2, -0.15) is 0 Å². The zero-order valence-corrected chi connectivity index (χ0v) is 11.6. The van der Waals surface area contributed by atoms with E-state index in [-0.39, 0.29) is 23.7 Å². The lowest BCUT2D eigenvalue weighted by Crippen LogP contribution is -2.33. The zero-order chi connectivity index (χ0) is 14.3. The first kappa shape index (κ1) is 12.8. The molecule has 104 valence electrons. The number of carbonyl (C=O) groups is 2. The summed E-state index contributed by atoms with van der Waals surface area (Å²) in [7, 11) is 0. The van der Waals surface area contributed by atoms with Crippen LogP contribution in [0.15, 0.2) is 24.3 Å². The van der Waals surface area contributed by atoms with Gasteiger partial charge in [-0.15, -0.1) is 0 Å². The Balaban J connectivity index is 1.73. The van der Waals surface area contributed by atoms with E-state index >= 15 is 0 Å². The Morgan fingerprint density at radius 2 is 1.80 bits per heavy atom. The molecule has 1 fully saturated rings. The van der Waals surface area contributed by atoms with Gasteiger partial charge in [-0.1, -0.05) is 26.0 Å². The highest BCUT2D eigenvalue weighted by Crippen LogP contribution is 2.25. The molecule has 2 amide bonds. The van der Waals surface area contributed by atoms with E-state index in [0.29, 0.717) is 13.0 Å². The number of rotatable bonds is 3. The molecule has 20 heavy (non-hydrogen) atoms. The Labute approximate surface area is 117 Å². The van der Waals surface area contributed by atoms with Crippen molar-refractivity contribution in [3.63, 3.8) is 0 Å². The maximum atomic E-state index is 12.0. The van der Waals surface area contributed by atoms with E-state index in [9.17, 15) is 9.59 Å². The molecule has 0 spiro atoms. The van der Waals surface area contributed by atoms with E-state index in [1.54, 1.807) is 0 Å². The summed E-state index contributed by atoms with van der Waals surface area (Å²) < 4.78 is 0. The third-order valence-electron chi connectivity index (χ3n) is 4.07. The SMILES string of the molecule is CC1C(=O)N(CCc2nc3ccccc3[nH]2)C(=O)C1C. The van der Waals surface area contributed by atoms with Gasteiger partial charge in [0.1, 0.15) is 5.82 Å². The van der Waals surface area contributed by atoms with Crippen LogP contribution in [-0.4, -0.2) is 33.2 Å². The van der Waals surface area contributed by atoms with Crippen molar-refractivity contribution in [2.24, 2.45) is 11.8 Å². The minimum absolute atomic E-state index is 0.0707. The van der Waals surface area contributed by atoms with Crippen molar-refractivity contribution in [3.8, 4) is 0 Å². The Bertz CT molecular complexity index is 624. The van der Waals surface area contributed by atoms with Gasteiger partial charge >= 0.3 is 0 Å². The number of hydrogen-bond donors (Lipinski definition) is 1. The molecule has 2 atom stereocenters. The molecule has 2 heterocycles. The van der Waals surface area contributed by atoms with E-state index in [0.717, 1.165) is 16.9 Å². The molecule has 1 aliphatic rings. The highest BCUT2D eigenvalue weighted by atomic mass is 16.2. The number of amides is 2. The lowest BCUT2D eigenvalue weighted by atomic mass is 10.00. The maximum Gasteiger partial charge on any atom is 0.232 e. The fraction of sp³-hybridized carbons (Fsp3) is 0.400. The second-order valence-corrected chi connectivity index (χ2v) is 5.36. The van der Waals surface area contributed by atoms with E-state index in [1.807, 2.05) is 38.1 Å². The molecule has 5 heteroatoms. The summed E-state index contributed by atoms with van der Waals surface area (Å²) in [5.74, 6) is 0.243. The van der Waals surface area contributed by atoms with Gasteiger partial charge in [-0.25, -0.2) is 4.98 Å². The molecule has 0 radical (unpaired) electrons. The molecule has 5 nitrogen and oxygen atoms in total. The molecule has 1 saturated heterocycles. The molecule has 2 aromatic rings. The van der Waals surface area contributed by atoms with Crippen molar-refractivity contribution >= 4 is 22.8 Å². The average Bonchev–Trinajstić information content (AvgIpc) is 2.94. The van der Waals surface area contributed by atoms with Gasteiger partial charge in [-0.3, -0.25) is 14.5 Å². The van der Waals surface area contributed by atoms with Crippen LogP contribution < -0.4 is 0 Å². The van der Waals surface area contributed by atoms with Crippen LogP contribution in [0, 0.1) is 11.8 Å². The second kappa shape index (κ2) is 4.74. The van der Waals surface area contributed by atoms with E-state index < -0.39 is 0 Å². The monoisotopic (exact) mass is 271 g/mol. The predicted molar refractivity (Wildman–Crippen MR) is 74.8 cm³/mol. The summed E-state index contributed by atoms with van der Waals surface area (Å²) >= 11 is 0. The average molecular weight is 271 g/mol. The Kier molecular flexibility index (Phi) is 3.04. The summed E-state index contributed by atoms with van der Waals surface area (Å²) in [4.78, 5) is 33.0. The van der Waals surface area contributed by atoms with Gasteiger partial charge in [0.15, 0.2) is 0 Å². The quantitative estimate of drug-likeness (QED) is 0.865. The fourth-order valence-corrected chi connectivity index (χ4v) is 2.59. The summed E-state index contributed by atoms with van der Waals surface area (Å²) in [6.45, 7) is 4.02. The molecule has 2 unspecified atom stereocenters. The van der Waals surface area contributed by atoms with Crippen molar-refractivity contribution in [2.45, 2.75) is 20.3 Å². The number of nitrogens with one attached hydrogen (secondary N) is 1. The van der Waals surface area contributed by atoms with Crippen molar-refractivity contribution in [2.75, 3.05) is 6.54 Å². The number of imidazole rings is 1. The van der Waals surface area contributed by atoms with Crippen LogP contribution >= 0.6 is 0 Å². The lowest BCUT2D eigenvalue weighted by molar-refractivity contribution is -0.139. The first-order chi connectivity index (χ1) is 9.58. The first-order valence-corrected chi connectivity index (χ1v) is 6.87. The number of aromatic amines is 1. The highest BCUT2D eigenvalue weighted by Gasteiger charge is 2.41. The van der Waals surface area contributed by atoms with Crippen LogP contribution in [-0.2, 0) is 16.0 Å². The van der Waals surface area contributed by atoms with Gasteiger partial charge in [0.05, 0.1) is 11.0 Å². The van der Waals surface area contributed by atoms with Crippen LogP contribution in [0.25, 0.3) is 11.0 Å². The second-order valence-electron chi connectivity index (χ2n) is 5.36. The van der Waals surface area contributed by atoms with E-state index in [4.69, 9.17) is 0 Å². The topological polar surface area (TPSA) is 66.1 Å². The number of likely N-dealkylation sites (tertiary alicyclic amines) is 1. The Morgan fingerprint density at radius 1 is 1.15 bits per heavy atom. The molecule has 0 aliphatic carbocycles. The number of nitrogens with zero attached hydrogens (tertiary/aromatic N) is 2. The molecular formula is C15H17N3O2. The maximum absolute atomic E-state index is 12.0. The van der Waals surface area contributed by atoms with Crippen LogP contribution in [0.3, 0.4) is 0 Å². The van der Waals surface area contributed by atoms with Crippen LogP contribution in [0.1, 0.15) is 19.7 Å². The molecule has 1 N–H and O–H groups in total. The normalized spacial score (nSPS) is 23.0. The lowest BCUT2D eigenvalue weighted by Gasteiger charge is -2.13. The summed E-state index contributed by atoms with van der Waals surface area (Å²) in [5.41, 5.74) is 1.88. The Morgan fingerprint density at radius 3 is 2.45 bits per heavy atom. The van der Waals surface area contributed by atoms with Crippen molar-refractivity contribution in [1.29, 1.82) is 0 Å². The van der Waals surface area contributed by atoms with Gasteiger partial charge in [0.2, 0.25) is 11.8 Å². The van der Waals surface area contributed by atoms with Gasteiger partial charge in [0.25, 0.3) is 0 Å². The van der Waals surface area contributed by atoms with E-state index in [1.165, 1.54) is 4.90 Å². The van der Waals surface area contributed by atoms with Crippen molar-refractivity contribution in [1.82, 2.24) is 14.9 Å². The number of aromatic nitrogens is 2. The first-order valence-electron chi connectivity index (χ1n) is 6.87. The van der Waals surface area contributed by atoms with Gasteiger partial charge in [0, 0.05) is 24.8 Å². The number of H-pyrrole nitrogens is 1. The van der Waals surface area contributed by atoms with Crippen LogP contribution in [0.2, 0.25) is 0 Å². The molecule has 0 bridgehead atoms. The zero-order valence-electron chi connectivity index (χ0n) is 11.6. The molecule has 3 rings (SSSR count). The predicted octanol–water partition coefficient (Wildman–Crippen LogP) is 1.75. The van der Waals surface area contributed by atoms with E-state index in [2.05, 4.69) is 9.97 Å². The molecule has 1 aromatic heterocycles. The van der Waals surface area contributed by atoms with Crippen LogP contribution in [0.5, 0.6) is 0 Å². The number of fused-ring (bicyclic) bond motifs is 1. The number of hydrogen-bond acceptors (Lipinski definition) is 3. The largest absolute Gasteiger partial charge is 0.342 e. The Hall–Kier alpha value is -2.17. The van der Waals surface area contributed by atoms with Crippen LogP contribution in [0.4, 0.5) is 0 Å². The fourth-order valence-electron chi connectivity index (χ4n) is 2.59. The summed E-state index contributed by atoms with van der Waals surface area (Å²) in [5, 5.41) is 0. The summed E-state index contributed by atoms with van der Waals surface area (Å²) in [6.07, 6.45) is 0.561. The smallest absolute Gasteiger partial charge is 0.232 e. The molecule has 1 aliphatic heterocycles. The minimum atomic E-state index is -0.210. The minimum Gasteiger partial charge on any atom is -0.342 e. The van der Waals surface area contributed by atoms with Crippen molar-refractivity contribution < 1.29 is 9.59 Å². The number of para-hydroxylation sites is 2. The molecular weight excluding hydrogens is 254 g/mol. The number of imide groups is 1. The third-order valence-corrected chi connectivity index (χ3v) is 4.07. The van der Waals surface area contributed by atoms with Gasteiger partial charge < -0.3 is 4.98 Å². The van der Waals surface area contributed by atoms with Gasteiger partial charge in [-0.05, 0) is 12.1 Å². The summed E-state index contributed by atoms with van der Waals surface area (Å²) in [6, 6.07) is 7.78. The molecule has 1 aromatic carbocycles. The highest BCUT2D eigenvalue weighted by molar-refractivity contribution is 6.04. The standard InChI is InChI=1S/C15H17N3O2/c1-9-10(2)15(20)18(14(9)19)8-7-13-16-11-5-3-4-6-12(11)17-13/h3-6,9-10H,7-8H2,1-2H3,(H,16,17). The van der Waals surface area contributed by atoms with Crippen molar-refractivity contribution in [3.05, 3.63) is 30.1 Å². The molecule has 0 saturated carbocycles. The number of carbonyl (C=O) groups excluding carboxylic acids is 2. The third kappa shape index (κ3) is 1.99.